The quantitative estimate of drug-likeness (QED) is 0.168. The molecule has 1 spiro atoms. The van der Waals surface area contributed by atoms with E-state index in [1.807, 2.05) is 53.6 Å². The minimum atomic E-state index is -1.60. The molecule has 4 aliphatic rings. The maximum Gasteiger partial charge on any atom is 0.420 e. The smallest absolute Gasteiger partial charge is 0.420 e. The van der Waals surface area contributed by atoms with Crippen LogP contribution in [0.5, 0.6) is 0 Å². The molecule has 0 bridgehead atoms. The van der Waals surface area contributed by atoms with E-state index in [4.69, 9.17) is 47.4 Å². The van der Waals surface area contributed by atoms with Crippen LogP contribution in [0.15, 0.2) is 30.4 Å². The first-order valence-electron chi connectivity index (χ1n) is 21.8. The fourth-order valence-corrected chi connectivity index (χ4v) is 9.92. The van der Waals surface area contributed by atoms with Gasteiger partial charge >= 0.3 is 18.0 Å². The SMILES string of the molecule is CC[C@H]1OC(=O)[C@H](C)[C@@H](O[C@H]2C[C@@](C)(OC)[C@@]3(CO3)[C@H](C)O2)[C@H](C)[C@@H](O[C@@H]2O[C@H](C)C[C@H](N(C)C)[C@H]2OC(C)=O)[C@@](C)(OC)C[C@@H](C)C(=O)/C(C)=C/[C@]1(C)OC(=O)n1ccnc1. The lowest BCUT2D eigenvalue weighted by molar-refractivity contribution is -0.317. The summed E-state index contributed by atoms with van der Waals surface area (Å²) >= 11 is 0. The highest BCUT2D eigenvalue weighted by atomic mass is 16.7. The molecule has 0 saturated carbocycles. The number of ether oxygens (including phenoxy) is 10. The predicted octanol–water partition coefficient (Wildman–Crippen LogP) is 5.26. The summed E-state index contributed by atoms with van der Waals surface area (Å²) in [5.74, 6) is -3.82. The third-order valence-corrected chi connectivity index (χ3v) is 13.8. The number of hydrogen-bond donors (Lipinski definition) is 0. The second kappa shape index (κ2) is 19.4. The van der Waals surface area contributed by atoms with Crippen LogP contribution in [0.4, 0.5) is 4.79 Å². The van der Waals surface area contributed by atoms with E-state index in [0.29, 0.717) is 18.6 Å². The molecule has 1 aromatic rings. The summed E-state index contributed by atoms with van der Waals surface area (Å²) in [7, 11) is 6.98. The van der Waals surface area contributed by atoms with Gasteiger partial charge in [0, 0.05) is 51.8 Å². The van der Waals surface area contributed by atoms with Crippen LogP contribution < -0.4 is 0 Å². The summed E-state index contributed by atoms with van der Waals surface area (Å²) < 4.78 is 65.2. The zero-order valence-corrected chi connectivity index (χ0v) is 39.3. The van der Waals surface area contributed by atoms with Crippen molar-refractivity contribution in [1.82, 2.24) is 14.5 Å². The maximum absolute atomic E-state index is 14.8. The van der Waals surface area contributed by atoms with E-state index in [9.17, 15) is 19.2 Å². The average Bonchev–Trinajstić information content (AvgIpc) is 3.84. The third kappa shape index (κ3) is 10.1. The number of methoxy groups -OCH3 is 2. The molecule has 4 aliphatic heterocycles. The van der Waals surface area contributed by atoms with Crippen LogP contribution in [0.3, 0.4) is 0 Å². The highest BCUT2D eigenvalue weighted by Crippen LogP contribution is 2.51. The van der Waals surface area contributed by atoms with Crippen molar-refractivity contribution >= 4 is 23.8 Å². The lowest BCUT2D eigenvalue weighted by Crippen LogP contribution is -2.62. The fourth-order valence-electron chi connectivity index (χ4n) is 9.92. The zero-order valence-electron chi connectivity index (χ0n) is 39.3. The van der Waals surface area contributed by atoms with Crippen molar-refractivity contribution in [3.8, 4) is 0 Å². The Morgan fingerprint density at radius 1 is 0.984 bits per heavy atom. The number of likely N-dealkylation sites (N-methyl/N-ethyl adjacent to an activating group) is 1. The molecule has 17 nitrogen and oxygen atoms in total. The highest BCUT2D eigenvalue weighted by molar-refractivity contribution is 5.96. The van der Waals surface area contributed by atoms with Gasteiger partial charge in [-0.1, -0.05) is 20.8 Å². The Kier molecular flexibility index (Phi) is 15.6. The van der Waals surface area contributed by atoms with E-state index in [-0.39, 0.29) is 37.2 Å². The first kappa shape index (κ1) is 49.7. The van der Waals surface area contributed by atoms with E-state index in [2.05, 4.69) is 4.98 Å². The number of hydrogen-bond acceptors (Lipinski definition) is 16. The number of esters is 2. The number of rotatable bonds is 10. The fraction of sp³-hybridized carbons (Fsp3) is 0.800. The van der Waals surface area contributed by atoms with Crippen molar-refractivity contribution < 1.29 is 66.5 Å². The number of carbonyl (C=O) groups is 4. The van der Waals surface area contributed by atoms with Gasteiger partial charge in [-0.15, -0.1) is 0 Å². The van der Waals surface area contributed by atoms with Gasteiger partial charge in [0.05, 0.1) is 48.6 Å². The van der Waals surface area contributed by atoms with Crippen LogP contribution >= 0.6 is 0 Å². The molecule has 0 unspecified atom stereocenters. The number of aromatic nitrogens is 2. The van der Waals surface area contributed by atoms with Crippen LogP contribution in [0.25, 0.3) is 0 Å². The van der Waals surface area contributed by atoms with Crippen LogP contribution in [0.1, 0.15) is 102 Å². The molecule has 16 atom stereocenters. The van der Waals surface area contributed by atoms with E-state index in [1.54, 1.807) is 54.9 Å². The molecule has 1 aromatic heterocycles. The number of cyclic esters (lactones) is 1. The minimum Gasteiger partial charge on any atom is -0.457 e. The Morgan fingerprint density at radius 3 is 2.21 bits per heavy atom. The number of nitrogens with zero attached hydrogens (tertiary/aromatic N) is 3. The van der Waals surface area contributed by atoms with E-state index >= 15 is 0 Å². The lowest BCUT2D eigenvalue weighted by Gasteiger charge is -2.50. The van der Waals surface area contributed by atoms with Crippen molar-refractivity contribution in [2.75, 3.05) is 34.9 Å². The standard InChI is InChI=1S/C45H71N3O14/c1-16-33-42(9,62-41(52)48-18-17-46-24-48)20-25(2)35(50)26(3)21-43(10,53-14)38(61-40-37(58-31(8)49)32(47(12)13)19-27(4)56-40)28(5)36(29(6)39(51)59-33)60-34-22-44(11,54-15)45(23-55-45)30(7)57-34/h17-18,20,24,26-30,32-34,36-38,40H,16,19,21-23H2,1-15H3/b25-20+/t26-,27-,28+,29-,30+,32+,33-,34+,36+,37-,38-,40+,42+,43+,44-,45-/m1/s1. The second-order valence-electron chi connectivity index (χ2n) is 18.7. The summed E-state index contributed by atoms with van der Waals surface area (Å²) in [5, 5.41) is 0. The van der Waals surface area contributed by atoms with E-state index in [1.165, 1.54) is 25.6 Å². The number of ketones is 1. The number of Topliss-reactive ketones (excluding diaryl/α,β-unsaturated/α-hetero) is 1. The van der Waals surface area contributed by atoms with Gasteiger partial charge in [-0.3, -0.25) is 14.4 Å². The molecule has 0 N–H and O–H groups in total. The highest BCUT2D eigenvalue weighted by Gasteiger charge is 2.67. The normalized spacial score (nSPS) is 43.0. The Hall–Kier alpha value is -3.29. The molecule has 0 amide bonds. The molecule has 17 heteroatoms. The lowest BCUT2D eigenvalue weighted by atomic mass is 9.76. The molecule has 0 aromatic carbocycles. The Morgan fingerprint density at radius 2 is 1.66 bits per heavy atom. The summed E-state index contributed by atoms with van der Waals surface area (Å²) in [5.41, 5.74) is -4.03. The molecule has 5 heterocycles. The molecule has 62 heavy (non-hydrogen) atoms. The zero-order chi connectivity index (χ0) is 46.1. The number of imidazole rings is 1. The van der Waals surface area contributed by atoms with Crippen molar-refractivity contribution in [3.05, 3.63) is 30.4 Å². The summed E-state index contributed by atoms with van der Waals surface area (Å²) in [4.78, 5) is 61.3. The minimum absolute atomic E-state index is 0.132. The Balaban J connectivity index is 1.65. The van der Waals surface area contributed by atoms with Gasteiger partial charge in [-0.2, -0.15) is 0 Å². The van der Waals surface area contributed by atoms with Crippen LogP contribution in [-0.2, 0) is 61.8 Å². The molecular formula is C45H71N3O14. The van der Waals surface area contributed by atoms with Crippen molar-refractivity contribution in [1.29, 1.82) is 0 Å². The van der Waals surface area contributed by atoms with Crippen LogP contribution in [0, 0.1) is 17.8 Å². The van der Waals surface area contributed by atoms with E-state index < -0.39 is 101 Å². The predicted molar refractivity (Wildman–Crippen MR) is 224 cm³/mol. The van der Waals surface area contributed by atoms with Gasteiger partial charge in [0.1, 0.15) is 23.6 Å². The third-order valence-electron chi connectivity index (χ3n) is 13.8. The second-order valence-corrected chi connectivity index (χ2v) is 18.7. The van der Waals surface area contributed by atoms with E-state index in [0.717, 1.165) is 4.57 Å². The van der Waals surface area contributed by atoms with Gasteiger partial charge in [0.25, 0.3) is 0 Å². The van der Waals surface area contributed by atoms with Crippen molar-refractivity contribution in [2.24, 2.45) is 17.8 Å². The monoisotopic (exact) mass is 877 g/mol. The van der Waals surface area contributed by atoms with Crippen LogP contribution in [-0.4, -0.2) is 151 Å². The Labute approximate surface area is 366 Å². The topological polar surface area (TPSA) is 185 Å². The van der Waals surface area contributed by atoms with Gasteiger partial charge in [-0.25, -0.2) is 14.3 Å². The van der Waals surface area contributed by atoms with Gasteiger partial charge in [-0.05, 0) is 93.5 Å². The molecule has 3 fully saturated rings. The Bertz CT molecular complexity index is 1770. The van der Waals surface area contributed by atoms with Gasteiger partial charge in [0.15, 0.2) is 30.1 Å². The first-order valence-corrected chi connectivity index (χ1v) is 21.8. The molecule has 0 aliphatic carbocycles. The number of carbonyl (C=O) groups excluding carboxylic acids is 4. The average molecular weight is 878 g/mol. The largest absolute Gasteiger partial charge is 0.457 e. The molecule has 0 radical (unpaired) electrons. The summed E-state index contributed by atoms with van der Waals surface area (Å²) in [6.07, 6.45) is -0.421. The van der Waals surface area contributed by atoms with Gasteiger partial charge < -0.3 is 52.3 Å². The molecule has 5 rings (SSSR count). The number of epoxide rings is 1. The van der Waals surface area contributed by atoms with Gasteiger partial charge in [0.2, 0.25) is 0 Å². The van der Waals surface area contributed by atoms with Crippen molar-refractivity contribution in [2.45, 2.75) is 179 Å². The van der Waals surface area contributed by atoms with Crippen molar-refractivity contribution in [3.63, 3.8) is 0 Å². The summed E-state index contributed by atoms with van der Waals surface area (Å²) in [6, 6.07) is -0.270. The number of allylic oxidation sites excluding steroid dienone is 1. The van der Waals surface area contributed by atoms with Crippen LogP contribution in [0.2, 0.25) is 0 Å². The molecular weight excluding hydrogens is 807 g/mol. The summed E-state index contributed by atoms with van der Waals surface area (Å²) in [6.45, 7) is 19.9. The first-order chi connectivity index (χ1) is 29.0. The molecule has 3 saturated heterocycles. The molecule has 350 valence electrons. The maximum atomic E-state index is 14.8.